The molecule has 0 aliphatic rings. The van der Waals surface area contributed by atoms with Crippen LogP contribution in [0.15, 0.2) is 206 Å². The highest BCUT2D eigenvalue weighted by molar-refractivity contribution is 7.22. The average Bonchev–Trinajstić information content (AvgIpc) is 3.77. The van der Waals surface area contributed by atoms with Crippen molar-refractivity contribution in [2.45, 2.75) is 0 Å². The van der Waals surface area contributed by atoms with Gasteiger partial charge in [-0.3, -0.25) is 0 Å². The number of fused-ring (bicyclic) bond motifs is 3. The summed E-state index contributed by atoms with van der Waals surface area (Å²) in [6.45, 7) is 0. The Morgan fingerprint density at radius 3 is 1.49 bits per heavy atom. The van der Waals surface area contributed by atoms with Crippen LogP contribution < -0.4 is 0 Å². The van der Waals surface area contributed by atoms with Gasteiger partial charge in [0.2, 0.25) is 0 Å². The van der Waals surface area contributed by atoms with Gasteiger partial charge in [-0.25, -0.2) is 9.97 Å². The predicted octanol–water partition coefficient (Wildman–Crippen LogP) is 16.4. The van der Waals surface area contributed by atoms with E-state index in [2.05, 4.69) is 188 Å². The van der Waals surface area contributed by atoms with Gasteiger partial charge in [-0.1, -0.05) is 170 Å². The summed E-state index contributed by atoms with van der Waals surface area (Å²) in [5, 5.41) is 16.7. The number of thiophene rings is 1. The van der Waals surface area contributed by atoms with Crippen LogP contribution in [0.4, 0.5) is 0 Å². The van der Waals surface area contributed by atoms with E-state index >= 15 is 0 Å². The number of nitrogens with zero attached hydrogens (tertiary/aromatic N) is 2. The van der Waals surface area contributed by atoms with Crippen molar-refractivity contribution in [2.24, 2.45) is 0 Å². The first kappa shape index (κ1) is 34.2. The van der Waals surface area contributed by atoms with E-state index in [1.54, 1.807) is 0 Å². The van der Waals surface area contributed by atoms with Gasteiger partial charge in [-0.15, -0.1) is 11.3 Å². The Morgan fingerprint density at radius 2 is 0.803 bits per heavy atom. The third-order valence-corrected chi connectivity index (χ3v) is 13.7. The topological polar surface area (TPSA) is 25.8 Å². The highest BCUT2D eigenvalue weighted by Crippen LogP contribution is 2.45. The van der Waals surface area contributed by atoms with E-state index in [4.69, 9.17) is 9.97 Å². The van der Waals surface area contributed by atoms with Gasteiger partial charge in [0.15, 0.2) is 5.82 Å². The molecule has 0 unspecified atom stereocenters. The summed E-state index contributed by atoms with van der Waals surface area (Å²) in [5.41, 5.74) is 8.43. The van der Waals surface area contributed by atoms with Gasteiger partial charge in [0.1, 0.15) is 0 Å². The Labute approximate surface area is 356 Å². The van der Waals surface area contributed by atoms with Crippen molar-refractivity contribution in [3.63, 3.8) is 0 Å². The molecule has 0 aliphatic heterocycles. The standard InChI is InChI=1S/C58H34N2S/c1-2-10-40(11-3-1)58-59-50(34-51(60-58)41-16-6-17-42(30-41)53-33-43-12-4-5-21-52(43)61-53)36-24-22-35(23-25-36)45-31-44-29-28-39-14-8-19-47-46-18-7-13-37-26-27-38-15-9-20-48(56(38)54(37)46)49(32-45)57(44)55(39)47/h1-34H. The molecule has 0 bridgehead atoms. The number of benzene rings is 10. The first-order chi connectivity index (χ1) is 30.2. The fourth-order valence-electron chi connectivity index (χ4n) is 9.70. The third kappa shape index (κ3) is 5.48. The Bertz CT molecular complexity index is 3830. The lowest BCUT2D eigenvalue weighted by Crippen LogP contribution is -1.96. The summed E-state index contributed by atoms with van der Waals surface area (Å²) in [5.74, 6) is 0.711. The molecule has 0 amide bonds. The van der Waals surface area contributed by atoms with E-state index < -0.39 is 0 Å². The summed E-state index contributed by atoms with van der Waals surface area (Å²) in [7, 11) is 0. The third-order valence-electron chi connectivity index (χ3n) is 12.6. The van der Waals surface area contributed by atoms with Crippen LogP contribution in [0, 0.1) is 0 Å². The maximum Gasteiger partial charge on any atom is 0.160 e. The van der Waals surface area contributed by atoms with E-state index in [1.165, 1.54) is 90.7 Å². The zero-order valence-corrected chi connectivity index (χ0v) is 33.7. The lowest BCUT2D eigenvalue weighted by Gasteiger charge is -2.17. The second-order valence-electron chi connectivity index (χ2n) is 16.1. The van der Waals surface area contributed by atoms with Crippen molar-refractivity contribution in [1.29, 1.82) is 0 Å². The van der Waals surface area contributed by atoms with Crippen molar-refractivity contribution in [1.82, 2.24) is 9.97 Å². The maximum atomic E-state index is 5.18. The highest BCUT2D eigenvalue weighted by atomic mass is 32.1. The molecule has 13 rings (SSSR count). The van der Waals surface area contributed by atoms with E-state index in [0.29, 0.717) is 5.82 Å². The molecule has 0 fully saturated rings. The van der Waals surface area contributed by atoms with Gasteiger partial charge in [0.05, 0.1) is 11.4 Å². The summed E-state index contributed by atoms with van der Waals surface area (Å²) >= 11 is 1.82. The quantitative estimate of drug-likeness (QED) is 0.162. The number of hydrogen-bond donors (Lipinski definition) is 0. The van der Waals surface area contributed by atoms with Gasteiger partial charge >= 0.3 is 0 Å². The SMILES string of the molecule is c1ccc(-c2nc(-c3ccc(-c4cc5ccc6cccc7c8cccc9ccc%10cccc(c(c4)c5c67)c%10c98)cc3)cc(-c3cccc(-c4cc5ccccc5s4)c3)n2)cc1. The molecular formula is C58H34N2S. The highest BCUT2D eigenvalue weighted by Gasteiger charge is 2.17. The lowest BCUT2D eigenvalue weighted by atomic mass is 9.86. The number of aromatic nitrogens is 2. The largest absolute Gasteiger partial charge is 0.228 e. The van der Waals surface area contributed by atoms with Crippen LogP contribution in [-0.4, -0.2) is 9.97 Å². The summed E-state index contributed by atoms with van der Waals surface area (Å²) in [6, 6.07) is 75.3. The number of rotatable bonds is 5. The van der Waals surface area contributed by atoms with Crippen LogP contribution in [0.1, 0.15) is 0 Å². The lowest BCUT2D eigenvalue weighted by molar-refractivity contribution is 1.18. The van der Waals surface area contributed by atoms with Gasteiger partial charge < -0.3 is 0 Å². The molecule has 0 aliphatic carbocycles. The summed E-state index contributed by atoms with van der Waals surface area (Å²) < 4.78 is 1.29. The maximum absolute atomic E-state index is 5.18. The van der Waals surface area contributed by atoms with Crippen LogP contribution in [0.25, 0.3) is 130 Å². The monoisotopic (exact) mass is 790 g/mol. The van der Waals surface area contributed by atoms with E-state index in [9.17, 15) is 0 Å². The zero-order valence-electron chi connectivity index (χ0n) is 32.9. The first-order valence-electron chi connectivity index (χ1n) is 20.8. The minimum Gasteiger partial charge on any atom is -0.228 e. The Hall–Kier alpha value is -7.72. The molecule has 0 radical (unpaired) electrons. The van der Waals surface area contributed by atoms with E-state index in [0.717, 1.165) is 33.6 Å². The van der Waals surface area contributed by atoms with Crippen LogP contribution in [-0.2, 0) is 0 Å². The smallest absolute Gasteiger partial charge is 0.160 e. The molecule has 2 heterocycles. The molecular weight excluding hydrogens is 757 g/mol. The van der Waals surface area contributed by atoms with Crippen molar-refractivity contribution in [3.8, 4) is 55.5 Å². The summed E-state index contributed by atoms with van der Waals surface area (Å²) in [4.78, 5) is 11.6. The van der Waals surface area contributed by atoms with Crippen molar-refractivity contribution >= 4 is 86.1 Å². The minimum atomic E-state index is 0.711. The predicted molar refractivity (Wildman–Crippen MR) is 261 cm³/mol. The molecule has 0 N–H and O–H groups in total. The van der Waals surface area contributed by atoms with E-state index in [-0.39, 0.29) is 0 Å². The average molecular weight is 791 g/mol. The molecule has 61 heavy (non-hydrogen) atoms. The van der Waals surface area contributed by atoms with E-state index in [1.807, 2.05) is 29.5 Å². The van der Waals surface area contributed by atoms with Gasteiger partial charge in [0, 0.05) is 26.3 Å². The van der Waals surface area contributed by atoms with Gasteiger partial charge in [-0.05, 0) is 123 Å². The number of hydrogen-bond acceptors (Lipinski definition) is 3. The molecule has 0 saturated carbocycles. The fourth-order valence-corrected chi connectivity index (χ4v) is 10.8. The molecule has 11 aromatic carbocycles. The van der Waals surface area contributed by atoms with Gasteiger partial charge in [-0.2, -0.15) is 0 Å². The van der Waals surface area contributed by atoms with Crippen LogP contribution in [0.2, 0.25) is 0 Å². The Morgan fingerprint density at radius 1 is 0.279 bits per heavy atom. The Balaban J connectivity index is 0.974. The molecule has 2 nitrogen and oxygen atoms in total. The van der Waals surface area contributed by atoms with Crippen LogP contribution in [0.3, 0.4) is 0 Å². The molecule has 2 aromatic heterocycles. The Kier molecular flexibility index (Phi) is 7.51. The molecule has 0 atom stereocenters. The van der Waals surface area contributed by atoms with Crippen LogP contribution in [0.5, 0.6) is 0 Å². The van der Waals surface area contributed by atoms with Gasteiger partial charge in [0.25, 0.3) is 0 Å². The van der Waals surface area contributed by atoms with Crippen molar-refractivity contribution in [2.75, 3.05) is 0 Å². The first-order valence-corrected chi connectivity index (χ1v) is 21.6. The second kappa shape index (κ2) is 13.4. The molecule has 282 valence electrons. The van der Waals surface area contributed by atoms with Crippen molar-refractivity contribution in [3.05, 3.63) is 206 Å². The fraction of sp³-hybridized carbons (Fsp3) is 0. The minimum absolute atomic E-state index is 0.711. The van der Waals surface area contributed by atoms with Crippen LogP contribution >= 0.6 is 11.3 Å². The molecule has 3 heteroatoms. The molecule has 0 spiro atoms. The zero-order chi connectivity index (χ0) is 40.0. The second-order valence-corrected chi connectivity index (χ2v) is 17.2. The molecule has 13 aromatic rings. The normalized spacial score (nSPS) is 11.9. The summed E-state index contributed by atoms with van der Waals surface area (Å²) in [6.07, 6.45) is 0. The molecule has 0 saturated heterocycles. The van der Waals surface area contributed by atoms with Crippen molar-refractivity contribution < 1.29 is 0 Å².